The van der Waals surface area contributed by atoms with Crippen LogP contribution >= 0.6 is 0 Å². The Bertz CT molecular complexity index is 764. The van der Waals surface area contributed by atoms with Gasteiger partial charge in [-0.05, 0) is 74.9 Å². The molecular formula is C22H26FNO2. The standard InChI is InChI=1S/C22H26FNO2/c1-22(2,26)13-12-16-5-3-6-18(15-16)21(25)24-14-4-7-20(24)17-8-10-19(23)11-9-17/h3,5-6,8-11,15,20,26H,4,7,12-14H2,1-2H3. The van der Waals surface area contributed by atoms with E-state index in [0.717, 1.165) is 36.9 Å². The van der Waals surface area contributed by atoms with Crippen molar-refractivity contribution in [2.75, 3.05) is 6.54 Å². The van der Waals surface area contributed by atoms with Gasteiger partial charge in [-0.1, -0.05) is 24.3 Å². The zero-order chi connectivity index (χ0) is 18.7. The van der Waals surface area contributed by atoms with E-state index in [1.807, 2.05) is 29.2 Å². The zero-order valence-electron chi connectivity index (χ0n) is 15.4. The van der Waals surface area contributed by atoms with Gasteiger partial charge in [0.05, 0.1) is 11.6 Å². The number of benzene rings is 2. The van der Waals surface area contributed by atoms with Gasteiger partial charge >= 0.3 is 0 Å². The molecule has 0 radical (unpaired) electrons. The normalized spacial score (nSPS) is 17.5. The van der Waals surface area contributed by atoms with Crippen molar-refractivity contribution in [3.05, 3.63) is 71.0 Å². The summed E-state index contributed by atoms with van der Waals surface area (Å²) in [6.45, 7) is 4.30. The van der Waals surface area contributed by atoms with Gasteiger partial charge in [-0.2, -0.15) is 0 Å². The van der Waals surface area contributed by atoms with Gasteiger partial charge in [-0.3, -0.25) is 4.79 Å². The quantitative estimate of drug-likeness (QED) is 0.857. The van der Waals surface area contributed by atoms with E-state index in [1.165, 1.54) is 12.1 Å². The van der Waals surface area contributed by atoms with Crippen LogP contribution in [0.2, 0.25) is 0 Å². The molecule has 0 aromatic heterocycles. The molecule has 3 rings (SSSR count). The van der Waals surface area contributed by atoms with Crippen LogP contribution in [0.5, 0.6) is 0 Å². The number of rotatable bonds is 5. The second-order valence-corrected chi connectivity index (χ2v) is 7.72. The highest BCUT2D eigenvalue weighted by atomic mass is 19.1. The smallest absolute Gasteiger partial charge is 0.254 e. The summed E-state index contributed by atoms with van der Waals surface area (Å²) in [4.78, 5) is 14.9. The Balaban J connectivity index is 1.76. The molecule has 138 valence electrons. The number of carbonyl (C=O) groups excluding carboxylic acids is 1. The fraction of sp³-hybridized carbons (Fsp3) is 0.409. The minimum atomic E-state index is -0.720. The van der Waals surface area contributed by atoms with Crippen LogP contribution in [0.4, 0.5) is 4.39 Å². The van der Waals surface area contributed by atoms with E-state index in [9.17, 15) is 14.3 Å². The third-order valence-corrected chi connectivity index (χ3v) is 4.97. The van der Waals surface area contributed by atoms with Crippen LogP contribution in [0.25, 0.3) is 0 Å². The van der Waals surface area contributed by atoms with Crippen LogP contribution in [-0.2, 0) is 6.42 Å². The average molecular weight is 355 g/mol. The first-order chi connectivity index (χ1) is 12.3. The molecule has 1 atom stereocenters. The molecule has 1 fully saturated rings. The molecule has 0 bridgehead atoms. The van der Waals surface area contributed by atoms with Crippen LogP contribution in [-0.4, -0.2) is 28.1 Å². The van der Waals surface area contributed by atoms with E-state index in [2.05, 4.69) is 0 Å². The minimum Gasteiger partial charge on any atom is -0.390 e. The number of aryl methyl sites for hydroxylation is 1. The highest BCUT2D eigenvalue weighted by molar-refractivity contribution is 5.94. The maximum Gasteiger partial charge on any atom is 0.254 e. The molecule has 1 aliphatic rings. The van der Waals surface area contributed by atoms with Gasteiger partial charge in [-0.25, -0.2) is 4.39 Å². The number of carbonyl (C=O) groups is 1. The van der Waals surface area contributed by atoms with E-state index >= 15 is 0 Å². The molecular weight excluding hydrogens is 329 g/mol. The lowest BCUT2D eigenvalue weighted by atomic mass is 9.97. The Morgan fingerprint density at radius 3 is 2.65 bits per heavy atom. The lowest BCUT2D eigenvalue weighted by Gasteiger charge is -2.25. The van der Waals surface area contributed by atoms with E-state index in [4.69, 9.17) is 0 Å². The molecule has 1 heterocycles. The Morgan fingerprint density at radius 2 is 1.96 bits per heavy atom. The van der Waals surface area contributed by atoms with Crippen LogP contribution in [0.15, 0.2) is 48.5 Å². The summed E-state index contributed by atoms with van der Waals surface area (Å²) >= 11 is 0. The number of hydrogen-bond acceptors (Lipinski definition) is 2. The molecule has 1 saturated heterocycles. The fourth-order valence-electron chi connectivity index (χ4n) is 3.52. The Hall–Kier alpha value is -2.20. The van der Waals surface area contributed by atoms with Crippen molar-refractivity contribution in [1.29, 1.82) is 0 Å². The maximum absolute atomic E-state index is 13.2. The van der Waals surface area contributed by atoms with Crippen LogP contribution in [0.3, 0.4) is 0 Å². The molecule has 2 aromatic carbocycles. The summed E-state index contributed by atoms with van der Waals surface area (Å²) in [6, 6.07) is 14.1. The van der Waals surface area contributed by atoms with Crippen molar-refractivity contribution in [2.45, 2.75) is 51.2 Å². The first-order valence-electron chi connectivity index (χ1n) is 9.21. The summed E-state index contributed by atoms with van der Waals surface area (Å²) < 4.78 is 13.2. The number of aliphatic hydroxyl groups is 1. The van der Waals surface area contributed by atoms with Gasteiger partial charge in [-0.15, -0.1) is 0 Å². The first kappa shape index (κ1) is 18.6. The number of likely N-dealkylation sites (tertiary alicyclic amines) is 1. The molecule has 1 N–H and O–H groups in total. The van der Waals surface area contributed by atoms with Crippen molar-refractivity contribution in [2.24, 2.45) is 0 Å². The van der Waals surface area contributed by atoms with Crippen LogP contribution in [0, 0.1) is 5.82 Å². The predicted molar refractivity (Wildman–Crippen MR) is 100 cm³/mol. The van der Waals surface area contributed by atoms with Crippen LogP contribution < -0.4 is 0 Å². The third-order valence-electron chi connectivity index (χ3n) is 4.97. The molecule has 4 heteroatoms. The van der Waals surface area contributed by atoms with Gasteiger partial charge in [0, 0.05) is 12.1 Å². The molecule has 2 aromatic rings. The first-order valence-corrected chi connectivity index (χ1v) is 9.21. The number of nitrogens with zero attached hydrogens (tertiary/aromatic N) is 1. The Labute approximate surface area is 154 Å². The highest BCUT2D eigenvalue weighted by Gasteiger charge is 2.30. The average Bonchev–Trinajstić information content (AvgIpc) is 3.09. The van der Waals surface area contributed by atoms with Gasteiger partial charge in [0.1, 0.15) is 5.82 Å². The van der Waals surface area contributed by atoms with Gasteiger partial charge in [0.2, 0.25) is 0 Å². The molecule has 1 amide bonds. The van der Waals surface area contributed by atoms with Crippen molar-refractivity contribution < 1.29 is 14.3 Å². The van der Waals surface area contributed by atoms with Gasteiger partial charge < -0.3 is 10.0 Å². The second-order valence-electron chi connectivity index (χ2n) is 7.72. The topological polar surface area (TPSA) is 40.5 Å². The van der Waals surface area contributed by atoms with E-state index < -0.39 is 5.60 Å². The second kappa shape index (κ2) is 7.58. The third kappa shape index (κ3) is 4.50. The Kier molecular flexibility index (Phi) is 5.42. The summed E-state index contributed by atoms with van der Waals surface area (Å²) in [5, 5.41) is 9.91. The monoisotopic (exact) mass is 355 g/mol. The molecule has 1 unspecified atom stereocenters. The van der Waals surface area contributed by atoms with Crippen LogP contribution in [0.1, 0.15) is 60.6 Å². The van der Waals surface area contributed by atoms with Gasteiger partial charge in [0.15, 0.2) is 0 Å². The van der Waals surface area contributed by atoms with Gasteiger partial charge in [0.25, 0.3) is 5.91 Å². The Morgan fingerprint density at radius 1 is 1.23 bits per heavy atom. The van der Waals surface area contributed by atoms with E-state index in [1.54, 1.807) is 26.0 Å². The highest BCUT2D eigenvalue weighted by Crippen LogP contribution is 2.33. The zero-order valence-corrected chi connectivity index (χ0v) is 15.4. The number of amides is 1. The number of hydrogen-bond donors (Lipinski definition) is 1. The number of halogens is 1. The van der Waals surface area contributed by atoms with Crippen molar-refractivity contribution >= 4 is 5.91 Å². The van der Waals surface area contributed by atoms with Crippen molar-refractivity contribution in [3.63, 3.8) is 0 Å². The predicted octanol–water partition coefficient (Wildman–Crippen LogP) is 4.51. The molecule has 1 aliphatic heterocycles. The molecule has 0 saturated carbocycles. The molecule has 3 nitrogen and oxygen atoms in total. The lowest BCUT2D eigenvalue weighted by molar-refractivity contribution is 0.0714. The minimum absolute atomic E-state index is 0.00290. The van der Waals surface area contributed by atoms with E-state index in [0.29, 0.717) is 12.0 Å². The fourth-order valence-corrected chi connectivity index (χ4v) is 3.52. The lowest BCUT2D eigenvalue weighted by Crippen LogP contribution is -2.30. The maximum atomic E-state index is 13.2. The molecule has 0 aliphatic carbocycles. The SMILES string of the molecule is CC(C)(O)CCc1cccc(C(=O)N2CCCC2c2ccc(F)cc2)c1. The largest absolute Gasteiger partial charge is 0.390 e. The summed E-state index contributed by atoms with van der Waals surface area (Å²) in [5.41, 5.74) is 1.99. The van der Waals surface area contributed by atoms with Crippen molar-refractivity contribution in [1.82, 2.24) is 4.90 Å². The molecule has 26 heavy (non-hydrogen) atoms. The summed E-state index contributed by atoms with van der Waals surface area (Å²) in [7, 11) is 0. The van der Waals surface area contributed by atoms with Crippen molar-refractivity contribution in [3.8, 4) is 0 Å². The molecule has 0 spiro atoms. The van der Waals surface area contributed by atoms with E-state index in [-0.39, 0.29) is 17.8 Å². The summed E-state index contributed by atoms with van der Waals surface area (Å²) in [5.74, 6) is -0.244. The summed E-state index contributed by atoms with van der Waals surface area (Å²) in [6.07, 6.45) is 3.22.